The number of nitrogens with one attached hydrogen (secondary N) is 1. The molecule has 2 rings (SSSR count). The fraction of sp³-hybridized carbons (Fsp3) is 0.400. The highest BCUT2D eigenvalue weighted by molar-refractivity contribution is 7.91. The van der Waals surface area contributed by atoms with E-state index in [2.05, 4.69) is 10.3 Å². The van der Waals surface area contributed by atoms with Crippen LogP contribution in [0.25, 0.3) is 0 Å². The molecule has 1 aliphatic rings. The van der Waals surface area contributed by atoms with Gasteiger partial charge in [-0.05, 0) is 18.6 Å². The quantitative estimate of drug-likeness (QED) is 0.812. The minimum atomic E-state index is -2.86. The van der Waals surface area contributed by atoms with Gasteiger partial charge in [-0.1, -0.05) is 0 Å². The van der Waals surface area contributed by atoms with E-state index in [0.717, 1.165) is 5.69 Å². The Hall–Kier alpha value is -1.61. The van der Waals surface area contributed by atoms with Crippen LogP contribution in [0.2, 0.25) is 0 Å². The van der Waals surface area contributed by atoms with Crippen LogP contribution in [0, 0.1) is 11.3 Å². The third kappa shape index (κ3) is 2.49. The van der Waals surface area contributed by atoms with Crippen LogP contribution in [0.15, 0.2) is 18.3 Å². The van der Waals surface area contributed by atoms with Crippen LogP contribution in [-0.2, 0) is 9.84 Å². The Morgan fingerprint density at radius 2 is 2.31 bits per heavy atom. The molecule has 1 aromatic heterocycles. The maximum atomic E-state index is 11.2. The molecule has 1 aromatic rings. The van der Waals surface area contributed by atoms with Crippen LogP contribution in [0.1, 0.15) is 12.1 Å². The van der Waals surface area contributed by atoms with Gasteiger partial charge in [0.25, 0.3) is 0 Å². The van der Waals surface area contributed by atoms with Crippen LogP contribution in [0.4, 0.5) is 5.69 Å². The molecule has 6 heteroatoms. The van der Waals surface area contributed by atoms with Crippen molar-refractivity contribution in [3.05, 3.63) is 24.0 Å². The molecular formula is C10H11N3O2S. The zero-order valence-electron chi connectivity index (χ0n) is 8.55. The number of hydrogen-bond acceptors (Lipinski definition) is 5. The van der Waals surface area contributed by atoms with Gasteiger partial charge in [-0.25, -0.2) is 13.4 Å². The second-order valence-corrected chi connectivity index (χ2v) is 6.02. The smallest absolute Gasteiger partial charge is 0.152 e. The topological polar surface area (TPSA) is 82.9 Å². The Morgan fingerprint density at radius 3 is 2.81 bits per heavy atom. The lowest BCUT2D eigenvalue weighted by Crippen LogP contribution is -2.20. The summed E-state index contributed by atoms with van der Waals surface area (Å²) in [4.78, 5) is 3.90. The van der Waals surface area contributed by atoms with Gasteiger partial charge in [0.15, 0.2) is 9.84 Å². The molecule has 1 unspecified atom stereocenters. The summed E-state index contributed by atoms with van der Waals surface area (Å²) in [6, 6.07) is 5.22. The monoisotopic (exact) mass is 237 g/mol. The van der Waals surface area contributed by atoms with Crippen molar-refractivity contribution in [1.82, 2.24) is 4.98 Å². The Labute approximate surface area is 94.0 Å². The van der Waals surface area contributed by atoms with E-state index < -0.39 is 9.84 Å². The lowest BCUT2D eigenvalue weighted by molar-refractivity contribution is 0.602. The molecule has 0 aliphatic carbocycles. The Kier molecular flexibility index (Phi) is 2.79. The first-order chi connectivity index (χ1) is 7.59. The number of nitriles is 1. The van der Waals surface area contributed by atoms with Crippen molar-refractivity contribution in [3.63, 3.8) is 0 Å². The van der Waals surface area contributed by atoms with Gasteiger partial charge in [0.1, 0.15) is 11.8 Å². The standard InChI is InChI=1S/C10H11N3O2S/c11-5-8-1-2-9(6-12-8)13-10-3-4-16(14,15)7-10/h1-2,6,10,13H,3-4,7H2. The summed E-state index contributed by atoms with van der Waals surface area (Å²) < 4.78 is 22.5. The molecular weight excluding hydrogens is 226 g/mol. The molecule has 0 amide bonds. The second-order valence-electron chi connectivity index (χ2n) is 3.79. The molecule has 1 saturated heterocycles. The average Bonchev–Trinajstić information content (AvgIpc) is 2.59. The first-order valence-corrected chi connectivity index (χ1v) is 6.74. The minimum Gasteiger partial charge on any atom is -0.380 e. The summed E-state index contributed by atoms with van der Waals surface area (Å²) in [5.74, 6) is 0.418. The van der Waals surface area contributed by atoms with Crippen molar-refractivity contribution in [2.45, 2.75) is 12.5 Å². The van der Waals surface area contributed by atoms with E-state index >= 15 is 0 Å². The van der Waals surface area contributed by atoms with Crippen molar-refractivity contribution >= 4 is 15.5 Å². The van der Waals surface area contributed by atoms with Crippen LogP contribution in [-0.4, -0.2) is 30.9 Å². The van der Waals surface area contributed by atoms with Gasteiger partial charge >= 0.3 is 0 Å². The van der Waals surface area contributed by atoms with E-state index in [4.69, 9.17) is 5.26 Å². The molecule has 2 heterocycles. The maximum absolute atomic E-state index is 11.2. The average molecular weight is 237 g/mol. The van der Waals surface area contributed by atoms with Crippen molar-refractivity contribution in [1.29, 1.82) is 5.26 Å². The molecule has 1 fully saturated rings. The molecule has 0 spiro atoms. The fourth-order valence-corrected chi connectivity index (χ4v) is 3.36. The van der Waals surface area contributed by atoms with Crippen LogP contribution >= 0.6 is 0 Å². The summed E-state index contributed by atoms with van der Waals surface area (Å²) in [6.07, 6.45) is 2.17. The number of nitrogens with zero attached hydrogens (tertiary/aromatic N) is 2. The number of aromatic nitrogens is 1. The van der Waals surface area contributed by atoms with Gasteiger partial charge in [-0.3, -0.25) is 0 Å². The van der Waals surface area contributed by atoms with Gasteiger partial charge in [-0.15, -0.1) is 0 Å². The maximum Gasteiger partial charge on any atom is 0.152 e. The Bertz CT molecular complexity index is 516. The minimum absolute atomic E-state index is 0.0419. The first-order valence-electron chi connectivity index (χ1n) is 4.92. The van der Waals surface area contributed by atoms with Gasteiger partial charge in [0, 0.05) is 6.04 Å². The zero-order valence-corrected chi connectivity index (χ0v) is 9.37. The van der Waals surface area contributed by atoms with Gasteiger partial charge in [0.05, 0.1) is 23.4 Å². The molecule has 5 nitrogen and oxygen atoms in total. The molecule has 0 radical (unpaired) electrons. The number of anilines is 1. The van der Waals surface area contributed by atoms with E-state index in [0.29, 0.717) is 12.1 Å². The number of sulfone groups is 1. The van der Waals surface area contributed by atoms with Crippen LogP contribution < -0.4 is 5.32 Å². The summed E-state index contributed by atoms with van der Waals surface area (Å²) in [6.45, 7) is 0. The van der Waals surface area contributed by atoms with E-state index in [1.165, 1.54) is 0 Å². The molecule has 16 heavy (non-hydrogen) atoms. The van der Waals surface area contributed by atoms with Gasteiger partial charge in [0.2, 0.25) is 0 Å². The van der Waals surface area contributed by atoms with E-state index in [9.17, 15) is 8.42 Å². The molecule has 84 valence electrons. The fourth-order valence-electron chi connectivity index (χ4n) is 1.69. The highest BCUT2D eigenvalue weighted by Gasteiger charge is 2.27. The van der Waals surface area contributed by atoms with Crippen LogP contribution in [0.5, 0.6) is 0 Å². The van der Waals surface area contributed by atoms with E-state index in [1.54, 1.807) is 18.3 Å². The van der Waals surface area contributed by atoms with Crippen LogP contribution in [0.3, 0.4) is 0 Å². The highest BCUT2D eigenvalue weighted by atomic mass is 32.2. The van der Waals surface area contributed by atoms with Gasteiger partial charge in [-0.2, -0.15) is 5.26 Å². The lowest BCUT2D eigenvalue weighted by atomic mass is 10.2. The molecule has 0 bridgehead atoms. The third-order valence-corrected chi connectivity index (χ3v) is 4.25. The van der Waals surface area contributed by atoms with E-state index in [1.807, 2.05) is 6.07 Å². The van der Waals surface area contributed by atoms with E-state index in [-0.39, 0.29) is 17.5 Å². The highest BCUT2D eigenvalue weighted by Crippen LogP contribution is 2.16. The van der Waals surface area contributed by atoms with Crippen molar-refractivity contribution < 1.29 is 8.42 Å². The summed E-state index contributed by atoms with van der Waals surface area (Å²) >= 11 is 0. The first kappa shape index (κ1) is 10.9. The van der Waals surface area contributed by atoms with Crippen molar-refractivity contribution in [2.75, 3.05) is 16.8 Å². The summed E-state index contributed by atoms with van der Waals surface area (Å²) in [7, 11) is -2.86. The summed E-state index contributed by atoms with van der Waals surface area (Å²) in [5.41, 5.74) is 1.10. The molecule has 0 saturated carbocycles. The molecule has 0 aromatic carbocycles. The molecule has 1 atom stereocenters. The number of pyridine rings is 1. The normalized spacial score (nSPS) is 22.6. The van der Waals surface area contributed by atoms with Gasteiger partial charge < -0.3 is 5.32 Å². The predicted molar refractivity (Wildman–Crippen MR) is 59.6 cm³/mol. The zero-order chi connectivity index (χ0) is 11.6. The Morgan fingerprint density at radius 1 is 1.50 bits per heavy atom. The molecule has 1 aliphatic heterocycles. The third-order valence-electron chi connectivity index (χ3n) is 2.48. The lowest BCUT2D eigenvalue weighted by Gasteiger charge is -2.11. The summed E-state index contributed by atoms with van der Waals surface area (Å²) in [5, 5.41) is 11.7. The number of rotatable bonds is 2. The molecule has 1 N–H and O–H groups in total. The Balaban J connectivity index is 2.03. The largest absolute Gasteiger partial charge is 0.380 e. The number of hydrogen-bond donors (Lipinski definition) is 1. The van der Waals surface area contributed by atoms with Crippen molar-refractivity contribution in [3.8, 4) is 6.07 Å². The second kappa shape index (κ2) is 4.10. The predicted octanol–water partition coefficient (Wildman–Crippen LogP) is 0.552. The SMILES string of the molecule is N#Cc1ccc(NC2CCS(=O)(=O)C2)cn1. The van der Waals surface area contributed by atoms with Crippen molar-refractivity contribution in [2.24, 2.45) is 0 Å².